The average molecular weight is 267 g/mol. The fourth-order valence-electron chi connectivity index (χ4n) is 1.49. The first kappa shape index (κ1) is 9.98. The Kier molecular flexibility index (Phi) is 2.36. The molecule has 2 aromatic carbocycles. The van der Waals surface area contributed by atoms with E-state index in [1.54, 1.807) is 18.2 Å². The summed E-state index contributed by atoms with van der Waals surface area (Å²) in [4.78, 5) is 10.9. The van der Waals surface area contributed by atoms with Gasteiger partial charge in [-0.05, 0) is 30.3 Å². The van der Waals surface area contributed by atoms with Crippen molar-refractivity contribution in [3.05, 3.63) is 40.4 Å². The Labute approximate surface area is 94.1 Å². The molecule has 4 heteroatoms. The molecule has 2 N–H and O–H groups in total. The zero-order chi connectivity index (χ0) is 11.0. The number of carbonyl (C=O) groups is 1. The predicted octanol–water partition coefficient (Wildman–Crippen LogP) is 3.01. The van der Waals surface area contributed by atoms with E-state index in [0.29, 0.717) is 10.8 Å². The number of aromatic carboxylic acids is 1. The fourth-order valence-corrected chi connectivity index (χ4v) is 1.85. The lowest BCUT2D eigenvalue weighted by molar-refractivity contribution is 0.0699. The summed E-state index contributed by atoms with van der Waals surface area (Å²) in [5.74, 6) is -0.916. The van der Waals surface area contributed by atoms with Crippen LogP contribution in [0.3, 0.4) is 0 Å². The van der Waals surface area contributed by atoms with Crippen LogP contribution < -0.4 is 0 Å². The van der Waals surface area contributed by atoms with Crippen LogP contribution in [0.15, 0.2) is 34.8 Å². The van der Waals surface area contributed by atoms with Crippen molar-refractivity contribution in [1.82, 2.24) is 0 Å². The number of phenolic OH excluding ortho intramolecular Hbond substituents is 1. The Morgan fingerprint density at radius 1 is 1.13 bits per heavy atom. The molecule has 0 aliphatic rings. The third-order valence-electron chi connectivity index (χ3n) is 2.19. The summed E-state index contributed by atoms with van der Waals surface area (Å²) < 4.78 is 0.781. The highest BCUT2D eigenvalue weighted by Crippen LogP contribution is 2.29. The maximum atomic E-state index is 10.9. The number of hydrogen-bond donors (Lipinski definition) is 2. The number of rotatable bonds is 1. The van der Waals surface area contributed by atoms with Crippen LogP contribution in [0.5, 0.6) is 5.75 Å². The van der Waals surface area contributed by atoms with Crippen molar-refractivity contribution in [2.45, 2.75) is 0 Å². The molecule has 0 bridgehead atoms. The summed E-state index contributed by atoms with van der Waals surface area (Å²) in [5.41, 5.74) is 0.184. The van der Waals surface area contributed by atoms with Crippen LogP contribution in [-0.4, -0.2) is 16.2 Å². The summed E-state index contributed by atoms with van der Waals surface area (Å²) >= 11 is 3.27. The van der Waals surface area contributed by atoms with Gasteiger partial charge in [0, 0.05) is 15.2 Å². The van der Waals surface area contributed by atoms with Gasteiger partial charge in [0.15, 0.2) is 0 Å². The number of aromatic hydroxyl groups is 1. The monoisotopic (exact) mass is 266 g/mol. The van der Waals surface area contributed by atoms with Crippen molar-refractivity contribution < 1.29 is 15.0 Å². The predicted molar refractivity (Wildman–Crippen MR) is 60.3 cm³/mol. The fraction of sp³-hybridized carbons (Fsp3) is 0. The maximum absolute atomic E-state index is 10.9. The molecule has 15 heavy (non-hydrogen) atoms. The van der Waals surface area contributed by atoms with Crippen LogP contribution in [-0.2, 0) is 0 Å². The van der Waals surface area contributed by atoms with Crippen molar-refractivity contribution in [2.75, 3.05) is 0 Å². The van der Waals surface area contributed by atoms with Crippen LogP contribution in [0, 0.1) is 0 Å². The zero-order valence-electron chi connectivity index (χ0n) is 7.57. The van der Waals surface area contributed by atoms with Crippen LogP contribution in [0.4, 0.5) is 0 Å². The van der Waals surface area contributed by atoms with Gasteiger partial charge in [-0.15, -0.1) is 0 Å². The van der Waals surface area contributed by atoms with Crippen molar-refractivity contribution in [1.29, 1.82) is 0 Å². The number of benzene rings is 2. The van der Waals surface area contributed by atoms with E-state index in [2.05, 4.69) is 15.9 Å². The Bertz CT molecular complexity index is 549. The molecule has 2 aromatic rings. The Morgan fingerprint density at radius 2 is 1.87 bits per heavy atom. The molecule has 3 nitrogen and oxygen atoms in total. The van der Waals surface area contributed by atoms with E-state index in [1.807, 2.05) is 0 Å². The number of carboxylic acid groups (broad SMARTS) is 1. The topological polar surface area (TPSA) is 57.5 Å². The normalized spacial score (nSPS) is 10.5. The summed E-state index contributed by atoms with van der Waals surface area (Å²) in [6.45, 7) is 0. The van der Waals surface area contributed by atoms with Crippen molar-refractivity contribution in [3.63, 3.8) is 0 Å². The number of fused-ring (bicyclic) bond motifs is 1. The highest BCUT2D eigenvalue weighted by molar-refractivity contribution is 9.10. The second kappa shape index (κ2) is 3.55. The Morgan fingerprint density at radius 3 is 2.53 bits per heavy atom. The second-order valence-corrected chi connectivity index (χ2v) is 4.04. The first-order valence-corrected chi connectivity index (χ1v) is 5.03. The number of phenols is 1. The lowest BCUT2D eigenvalue weighted by Crippen LogP contribution is -1.97. The molecule has 0 amide bonds. The molecule has 0 saturated heterocycles. The Balaban J connectivity index is 2.90. The van der Waals surface area contributed by atoms with Gasteiger partial charge in [-0.2, -0.15) is 0 Å². The molecule has 0 heterocycles. The number of halogens is 1. The molecule has 0 spiro atoms. The van der Waals surface area contributed by atoms with Crippen LogP contribution >= 0.6 is 15.9 Å². The van der Waals surface area contributed by atoms with E-state index in [1.165, 1.54) is 12.1 Å². The molecule has 0 aromatic heterocycles. The standard InChI is InChI=1S/C11H7BrO3/c12-6-1-2-7-9(5-6)8(11(14)15)3-4-10(7)13/h1-5,13H,(H,14,15). The molecule has 0 aliphatic heterocycles. The van der Waals surface area contributed by atoms with Gasteiger partial charge in [-0.3, -0.25) is 0 Å². The molecule has 0 aliphatic carbocycles. The molecule has 0 fully saturated rings. The SMILES string of the molecule is O=C(O)c1ccc(O)c2ccc(Br)cc12. The third kappa shape index (κ3) is 1.68. The molecule has 0 radical (unpaired) electrons. The third-order valence-corrected chi connectivity index (χ3v) is 2.68. The minimum absolute atomic E-state index is 0.0856. The quantitative estimate of drug-likeness (QED) is 0.834. The Hall–Kier alpha value is -1.55. The molecule has 0 unspecified atom stereocenters. The molecule has 0 saturated carbocycles. The van der Waals surface area contributed by atoms with E-state index >= 15 is 0 Å². The van der Waals surface area contributed by atoms with Gasteiger partial charge < -0.3 is 10.2 Å². The van der Waals surface area contributed by atoms with Gasteiger partial charge in [0.2, 0.25) is 0 Å². The summed E-state index contributed by atoms with van der Waals surface area (Å²) in [7, 11) is 0. The highest BCUT2D eigenvalue weighted by atomic mass is 79.9. The lowest BCUT2D eigenvalue weighted by atomic mass is 10.0. The number of hydrogen-bond acceptors (Lipinski definition) is 2. The van der Waals surface area contributed by atoms with Gasteiger partial charge in [-0.25, -0.2) is 4.79 Å². The maximum Gasteiger partial charge on any atom is 0.336 e. The minimum Gasteiger partial charge on any atom is -0.507 e. The second-order valence-electron chi connectivity index (χ2n) is 3.13. The molecular formula is C11H7BrO3. The van der Waals surface area contributed by atoms with Crippen LogP contribution in [0.25, 0.3) is 10.8 Å². The smallest absolute Gasteiger partial charge is 0.336 e. The number of carboxylic acids is 1. The lowest BCUT2D eigenvalue weighted by Gasteiger charge is -2.04. The van der Waals surface area contributed by atoms with Gasteiger partial charge >= 0.3 is 5.97 Å². The van der Waals surface area contributed by atoms with Crippen LogP contribution in [0.2, 0.25) is 0 Å². The van der Waals surface area contributed by atoms with E-state index in [9.17, 15) is 9.90 Å². The molecule has 2 rings (SSSR count). The van der Waals surface area contributed by atoms with Crippen molar-refractivity contribution in [2.24, 2.45) is 0 Å². The molecule has 76 valence electrons. The molecular weight excluding hydrogens is 260 g/mol. The highest BCUT2D eigenvalue weighted by Gasteiger charge is 2.10. The van der Waals surface area contributed by atoms with E-state index in [-0.39, 0.29) is 11.3 Å². The van der Waals surface area contributed by atoms with Gasteiger partial charge in [0.1, 0.15) is 5.75 Å². The zero-order valence-corrected chi connectivity index (χ0v) is 9.15. The van der Waals surface area contributed by atoms with Gasteiger partial charge in [0.05, 0.1) is 5.56 Å². The van der Waals surface area contributed by atoms with Crippen molar-refractivity contribution in [3.8, 4) is 5.75 Å². The summed E-state index contributed by atoms with van der Waals surface area (Å²) in [6, 6.07) is 7.90. The first-order chi connectivity index (χ1) is 7.09. The largest absolute Gasteiger partial charge is 0.507 e. The van der Waals surface area contributed by atoms with Gasteiger partial charge in [0.25, 0.3) is 0 Å². The minimum atomic E-state index is -1.00. The van der Waals surface area contributed by atoms with E-state index in [4.69, 9.17) is 5.11 Å². The van der Waals surface area contributed by atoms with Crippen molar-refractivity contribution >= 4 is 32.7 Å². The van der Waals surface area contributed by atoms with Crippen LogP contribution in [0.1, 0.15) is 10.4 Å². The van der Waals surface area contributed by atoms with E-state index in [0.717, 1.165) is 4.47 Å². The molecule has 0 atom stereocenters. The summed E-state index contributed by atoms with van der Waals surface area (Å²) in [5, 5.41) is 19.6. The summed E-state index contributed by atoms with van der Waals surface area (Å²) in [6.07, 6.45) is 0. The first-order valence-electron chi connectivity index (χ1n) is 4.24. The van der Waals surface area contributed by atoms with E-state index < -0.39 is 5.97 Å². The average Bonchev–Trinajstić information content (AvgIpc) is 2.17. The van der Waals surface area contributed by atoms with Gasteiger partial charge in [-0.1, -0.05) is 15.9 Å².